The molecule has 1 saturated carbocycles. The maximum atomic E-state index is 6.01. The van der Waals surface area contributed by atoms with E-state index in [-0.39, 0.29) is 0 Å². The van der Waals surface area contributed by atoms with Crippen molar-refractivity contribution in [3.05, 3.63) is 21.9 Å². The van der Waals surface area contributed by atoms with E-state index in [1.165, 1.54) is 30.6 Å². The third-order valence-electron chi connectivity index (χ3n) is 3.48. The lowest BCUT2D eigenvalue weighted by Gasteiger charge is -2.26. The minimum Gasteiger partial charge on any atom is -0.373 e. The molecule has 98 valence electrons. The highest BCUT2D eigenvalue weighted by molar-refractivity contribution is 7.10. The molecular formula is C15H21NOS. The monoisotopic (exact) mass is 263 g/mol. The number of hydrogen-bond donors (Lipinski definition) is 1. The maximum absolute atomic E-state index is 6.01. The zero-order valence-corrected chi connectivity index (χ0v) is 11.8. The second-order valence-electron chi connectivity index (χ2n) is 4.96. The first-order valence-electron chi connectivity index (χ1n) is 6.66. The zero-order valence-electron chi connectivity index (χ0n) is 10.9. The van der Waals surface area contributed by atoms with Crippen molar-refractivity contribution in [2.75, 3.05) is 6.54 Å². The molecule has 1 aliphatic carbocycles. The molecule has 1 aromatic heterocycles. The Balaban J connectivity index is 1.85. The minimum absolute atomic E-state index is 0.413. The number of thiophene rings is 1. The standard InChI is InChI=1S/C15H21NOS/c1-12-4-6-14(7-5-12)17-11-15-13(3-2-9-16)8-10-18-15/h8,10,12,14H,4-7,9,11,16H2,1H3. The molecule has 1 fully saturated rings. The highest BCUT2D eigenvalue weighted by Gasteiger charge is 2.18. The highest BCUT2D eigenvalue weighted by Crippen LogP contribution is 2.27. The molecule has 2 rings (SSSR count). The highest BCUT2D eigenvalue weighted by atomic mass is 32.1. The van der Waals surface area contributed by atoms with E-state index >= 15 is 0 Å². The van der Waals surface area contributed by atoms with Gasteiger partial charge in [-0.2, -0.15) is 0 Å². The van der Waals surface area contributed by atoms with E-state index in [9.17, 15) is 0 Å². The average Bonchev–Trinajstić information content (AvgIpc) is 2.83. The first kappa shape index (κ1) is 13.6. The summed E-state index contributed by atoms with van der Waals surface area (Å²) in [5.74, 6) is 6.88. The summed E-state index contributed by atoms with van der Waals surface area (Å²) in [6.45, 7) is 3.44. The molecule has 2 nitrogen and oxygen atoms in total. The van der Waals surface area contributed by atoms with Crippen molar-refractivity contribution < 1.29 is 4.74 Å². The number of hydrogen-bond acceptors (Lipinski definition) is 3. The van der Waals surface area contributed by atoms with Gasteiger partial charge in [0.25, 0.3) is 0 Å². The lowest BCUT2D eigenvalue weighted by Crippen LogP contribution is -2.20. The van der Waals surface area contributed by atoms with Gasteiger partial charge in [-0.05, 0) is 43.0 Å². The zero-order chi connectivity index (χ0) is 12.8. The summed E-state index contributed by atoms with van der Waals surface area (Å²) >= 11 is 1.72. The van der Waals surface area contributed by atoms with Gasteiger partial charge in [-0.15, -0.1) is 11.3 Å². The average molecular weight is 263 g/mol. The minimum atomic E-state index is 0.413. The number of nitrogens with two attached hydrogens (primary N) is 1. The molecule has 1 aromatic rings. The molecular weight excluding hydrogens is 242 g/mol. The van der Waals surface area contributed by atoms with Crippen molar-refractivity contribution in [1.29, 1.82) is 0 Å². The number of ether oxygens (including phenoxy) is 1. The van der Waals surface area contributed by atoms with E-state index in [2.05, 4.69) is 30.2 Å². The Hall–Kier alpha value is -0.820. The first-order valence-corrected chi connectivity index (χ1v) is 7.54. The maximum Gasteiger partial charge on any atom is 0.0825 e. The van der Waals surface area contributed by atoms with Crippen molar-refractivity contribution in [3.8, 4) is 11.8 Å². The van der Waals surface area contributed by atoms with Gasteiger partial charge >= 0.3 is 0 Å². The molecule has 0 aliphatic heterocycles. The molecule has 18 heavy (non-hydrogen) atoms. The summed E-state index contributed by atoms with van der Waals surface area (Å²) in [4.78, 5) is 1.23. The summed E-state index contributed by atoms with van der Waals surface area (Å²) < 4.78 is 6.01. The molecule has 1 aliphatic rings. The van der Waals surface area contributed by atoms with Gasteiger partial charge in [0.1, 0.15) is 0 Å². The van der Waals surface area contributed by atoms with E-state index in [0.29, 0.717) is 19.3 Å². The van der Waals surface area contributed by atoms with Gasteiger partial charge < -0.3 is 10.5 Å². The van der Waals surface area contributed by atoms with Crippen molar-refractivity contribution >= 4 is 11.3 Å². The summed E-state index contributed by atoms with van der Waals surface area (Å²) in [6, 6.07) is 2.05. The lowest BCUT2D eigenvalue weighted by atomic mass is 9.89. The normalized spacial score (nSPS) is 23.4. The molecule has 0 atom stereocenters. The van der Waals surface area contributed by atoms with Gasteiger partial charge in [-0.1, -0.05) is 18.8 Å². The van der Waals surface area contributed by atoms with Crippen molar-refractivity contribution in [1.82, 2.24) is 0 Å². The van der Waals surface area contributed by atoms with Crippen molar-refractivity contribution in [2.45, 2.75) is 45.3 Å². The molecule has 0 aromatic carbocycles. The fraction of sp³-hybridized carbons (Fsp3) is 0.600. The summed E-state index contributed by atoms with van der Waals surface area (Å²) in [5, 5.41) is 2.07. The van der Waals surface area contributed by atoms with Gasteiger partial charge in [-0.25, -0.2) is 0 Å². The van der Waals surface area contributed by atoms with Crippen LogP contribution in [0.2, 0.25) is 0 Å². The molecule has 1 heterocycles. The molecule has 0 spiro atoms. The fourth-order valence-electron chi connectivity index (χ4n) is 2.30. The van der Waals surface area contributed by atoms with Crippen molar-refractivity contribution in [2.24, 2.45) is 11.7 Å². The van der Waals surface area contributed by atoms with E-state index in [4.69, 9.17) is 10.5 Å². The van der Waals surface area contributed by atoms with Crippen LogP contribution in [-0.2, 0) is 11.3 Å². The van der Waals surface area contributed by atoms with Crippen LogP contribution in [0.15, 0.2) is 11.4 Å². The molecule has 0 bridgehead atoms. The van der Waals surface area contributed by atoms with Gasteiger partial charge in [0.15, 0.2) is 0 Å². The molecule has 2 N–H and O–H groups in total. The third kappa shape index (κ3) is 3.84. The predicted molar refractivity (Wildman–Crippen MR) is 76.5 cm³/mol. The Morgan fingerprint density at radius 3 is 2.89 bits per heavy atom. The van der Waals surface area contributed by atoms with Crippen LogP contribution in [0.3, 0.4) is 0 Å². The van der Waals surface area contributed by atoms with Crippen LogP contribution in [0, 0.1) is 17.8 Å². The van der Waals surface area contributed by atoms with Crippen LogP contribution in [0.1, 0.15) is 43.0 Å². The molecule has 0 saturated heterocycles. The van der Waals surface area contributed by atoms with E-state index in [0.717, 1.165) is 11.5 Å². The summed E-state index contributed by atoms with van der Waals surface area (Å²) in [6.07, 6.45) is 5.45. The van der Waals surface area contributed by atoms with E-state index in [1.807, 2.05) is 0 Å². The van der Waals surface area contributed by atoms with E-state index < -0.39 is 0 Å². The van der Waals surface area contributed by atoms with Crippen LogP contribution in [-0.4, -0.2) is 12.6 Å². The Morgan fingerprint density at radius 1 is 1.39 bits per heavy atom. The largest absolute Gasteiger partial charge is 0.373 e. The second kappa shape index (κ2) is 6.94. The third-order valence-corrected chi connectivity index (χ3v) is 4.38. The van der Waals surface area contributed by atoms with Crippen molar-refractivity contribution in [3.63, 3.8) is 0 Å². The van der Waals surface area contributed by atoms with Gasteiger partial charge in [0.2, 0.25) is 0 Å². The quantitative estimate of drug-likeness (QED) is 0.850. The molecule has 0 radical (unpaired) electrons. The number of rotatable bonds is 3. The smallest absolute Gasteiger partial charge is 0.0825 e. The van der Waals surface area contributed by atoms with E-state index in [1.54, 1.807) is 11.3 Å². The predicted octanol–water partition coefficient (Wildman–Crippen LogP) is 3.15. The first-order chi connectivity index (χ1) is 8.79. The Morgan fingerprint density at radius 2 is 2.17 bits per heavy atom. The fourth-order valence-corrected chi connectivity index (χ4v) is 3.05. The van der Waals surface area contributed by atoms with Crippen LogP contribution in [0.5, 0.6) is 0 Å². The van der Waals surface area contributed by atoms with Crippen LogP contribution in [0.4, 0.5) is 0 Å². The summed E-state index contributed by atoms with van der Waals surface area (Å²) in [5.41, 5.74) is 6.48. The van der Waals surface area contributed by atoms with Crippen LogP contribution >= 0.6 is 11.3 Å². The Bertz CT molecular complexity index is 421. The lowest BCUT2D eigenvalue weighted by molar-refractivity contribution is 0.00997. The second-order valence-corrected chi connectivity index (χ2v) is 5.96. The van der Waals surface area contributed by atoms with Crippen LogP contribution in [0.25, 0.3) is 0 Å². The van der Waals surface area contributed by atoms with Gasteiger partial charge in [0.05, 0.1) is 19.3 Å². The molecule has 3 heteroatoms. The molecule has 0 amide bonds. The van der Waals surface area contributed by atoms with Gasteiger partial charge in [-0.3, -0.25) is 0 Å². The Labute approximate surface area is 114 Å². The SMILES string of the molecule is CC1CCC(OCc2sccc2C#CCN)CC1. The topological polar surface area (TPSA) is 35.2 Å². The molecule has 0 unspecified atom stereocenters. The van der Waals surface area contributed by atoms with Gasteiger partial charge in [0, 0.05) is 10.4 Å². The Kier molecular flexibility index (Phi) is 5.25. The van der Waals surface area contributed by atoms with Crippen LogP contribution < -0.4 is 5.73 Å². The summed E-state index contributed by atoms with van der Waals surface area (Å²) in [7, 11) is 0.